The number of thiophene rings is 1. The van der Waals surface area contributed by atoms with Crippen LogP contribution in [0.3, 0.4) is 0 Å². The zero-order valence-corrected chi connectivity index (χ0v) is 13.4. The largest absolute Gasteiger partial charge is 0.324 e. The molecule has 0 aliphatic rings. The first-order valence-corrected chi connectivity index (χ1v) is 7.77. The van der Waals surface area contributed by atoms with Crippen LogP contribution in [-0.2, 0) is 6.42 Å². The molecule has 0 fully saturated rings. The molecular weight excluding hydrogens is 362 g/mol. The van der Waals surface area contributed by atoms with Gasteiger partial charge in [0.1, 0.15) is 0 Å². The summed E-state index contributed by atoms with van der Waals surface area (Å²) < 4.78 is 2.22. The van der Waals surface area contributed by atoms with E-state index in [0.717, 1.165) is 15.4 Å². The number of benzene rings is 1. The zero-order valence-electron chi connectivity index (χ0n) is 9.41. The molecule has 1 aromatic carbocycles. The van der Waals surface area contributed by atoms with Gasteiger partial charge in [-0.2, -0.15) is 0 Å². The van der Waals surface area contributed by atoms with Crippen molar-refractivity contribution in [2.24, 2.45) is 5.73 Å². The second kappa shape index (κ2) is 5.65. The Balaban J connectivity index is 2.19. The summed E-state index contributed by atoms with van der Waals surface area (Å²) in [6.07, 6.45) is 0.883. The van der Waals surface area contributed by atoms with Crippen LogP contribution in [0.2, 0.25) is 0 Å². The average molecular weight is 375 g/mol. The summed E-state index contributed by atoms with van der Waals surface area (Å²) in [5.41, 5.74) is 8.74. The van der Waals surface area contributed by atoms with Crippen molar-refractivity contribution in [1.82, 2.24) is 0 Å². The van der Waals surface area contributed by atoms with Crippen LogP contribution in [0.5, 0.6) is 0 Å². The first kappa shape index (κ1) is 13.3. The number of rotatable bonds is 3. The molecule has 0 saturated carbocycles. The summed E-state index contributed by atoms with van der Waals surface area (Å²) in [5.74, 6) is 0. The Morgan fingerprint density at radius 3 is 2.65 bits per heavy atom. The average Bonchev–Trinajstić information content (AvgIpc) is 2.67. The molecule has 0 amide bonds. The Morgan fingerprint density at radius 1 is 1.24 bits per heavy atom. The maximum atomic E-state index is 6.28. The van der Waals surface area contributed by atoms with Crippen LogP contribution in [0.25, 0.3) is 0 Å². The van der Waals surface area contributed by atoms with Gasteiger partial charge < -0.3 is 5.73 Å². The molecule has 1 heterocycles. The Labute approximate surface area is 122 Å². The van der Waals surface area contributed by atoms with E-state index in [1.807, 2.05) is 6.07 Å². The van der Waals surface area contributed by atoms with Crippen molar-refractivity contribution in [3.05, 3.63) is 54.6 Å². The molecule has 0 saturated heterocycles. The Hall–Kier alpha value is -0.160. The smallest absolute Gasteiger partial charge is 0.0346 e. The highest BCUT2D eigenvalue weighted by atomic mass is 79.9. The first-order valence-electron chi connectivity index (χ1n) is 5.31. The van der Waals surface area contributed by atoms with Crippen LogP contribution in [0, 0.1) is 6.92 Å². The van der Waals surface area contributed by atoms with Crippen LogP contribution in [0.15, 0.2) is 38.6 Å². The van der Waals surface area contributed by atoms with Gasteiger partial charge in [0.05, 0.1) is 0 Å². The lowest BCUT2D eigenvalue weighted by molar-refractivity contribution is 0.724. The predicted molar refractivity (Wildman–Crippen MR) is 81.5 cm³/mol. The number of hydrogen-bond acceptors (Lipinski definition) is 2. The van der Waals surface area contributed by atoms with Crippen molar-refractivity contribution in [2.45, 2.75) is 19.4 Å². The number of nitrogens with two attached hydrogens (primary N) is 1. The number of halogens is 2. The molecule has 1 aromatic heterocycles. The molecule has 0 bridgehead atoms. The molecule has 90 valence electrons. The van der Waals surface area contributed by atoms with E-state index in [1.54, 1.807) is 11.3 Å². The van der Waals surface area contributed by atoms with Crippen molar-refractivity contribution >= 4 is 43.2 Å². The third-order valence-electron chi connectivity index (χ3n) is 2.68. The normalized spacial score (nSPS) is 12.7. The standard InChI is InChI=1S/C13H13Br2NS/c1-8-2-3-9(14)5-12(8)13(16)6-11-4-10(15)7-17-11/h2-5,7,13H,6,16H2,1H3. The van der Waals surface area contributed by atoms with Crippen molar-refractivity contribution in [3.8, 4) is 0 Å². The lowest BCUT2D eigenvalue weighted by atomic mass is 9.99. The minimum absolute atomic E-state index is 0.0537. The molecule has 0 aliphatic heterocycles. The highest BCUT2D eigenvalue weighted by Crippen LogP contribution is 2.27. The van der Waals surface area contributed by atoms with Crippen LogP contribution in [0.4, 0.5) is 0 Å². The second-order valence-electron chi connectivity index (χ2n) is 4.04. The summed E-state index contributed by atoms with van der Waals surface area (Å²) >= 11 is 8.70. The fraction of sp³-hybridized carbons (Fsp3) is 0.231. The monoisotopic (exact) mass is 373 g/mol. The van der Waals surface area contributed by atoms with Crippen molar-refractivity contribution in [2.75, 3.05) is 0 Å². The van der Waals surface area contributed by atoms with E-state index in [4.69, 9.17) is 5.73 Å². The minimum atomic E-state index is 0.0537. The highest BCUT2D eigenvalue weighted by Gasteiger charge is 2.11. The summed E-state index contributed by atoms with van der Waals surface area (Å²) in [4.78, 5) is 1.31. The third-order valence-corrected chi connectivity index (χ3v) is 4.90. The molecule has 2 rings (SSSR count). The molecule has 0 aliphatic carbocycles. The molecule has 1 atom stereocenters. The molecule has 0 radical (unpaired) electrons. The van der Waals surface area contributed by atoms with E-state index in [0.29, 0.717) is 0 Å². The Bertz CT molecular complexity index is 522. The molecule has 4 heteroatoms. The zero-order chi connectivity index (χ0) is 12.4. The van der Waals surface area contributed by atoms with E-state index in [9.17, 15) is 0 Å². The van der Waals surface area contributed by atoms with Crippen molar-refractivity contribution in [1.29, 1.82) is 0 Å². The van der Waals surface area contributed by atoms with Gasteiger partial charge in [-0.3, -0.25) is 0 Å². The van der Waals surface area contributed by atoms with Crippen LogP contribution in [0.1, 0.15) is 22.0 Å². The van der Waals surface area contributed by atoms with Gasteiger partial charge in [-0.25, -0.2) is 0 Å². The fourth-order valence-electron chi connectivity index (χ4n) is 1.80. The highest BCUT2D eigenvalue weighted by molar-refractivity contribution is 9.10. The van der Waals surface area contributed by atoms with E-state index in [-0.39, 0.29) is 6.04 Å². The second-order valence-corrected chi connectivity index (χ2v) is 6.87. The molecule has 2 N–H and O–H groups in total. The van der Waals surface area contributed by atoms with Gasteiger partial charge in [-0.1, -0.05) is 22.0 Å². The van der Waals surface area contributed by atoms with E-state index < -0.39 is 0 Å². The van der Waals surface area contributed by atoms with Gasteiger partial charge in [-0.15, -0.1) is 11.3 Å². The molecule has 1 nitrogen and oxygen atoms in total. The van der Waals surface area contributed by atoms with Gasteiger partial charge in [0.15, 0.2) is 0 Å². The molecular formula is C13H13Br2NS. The van der Waals surface area contributed by atoms with Crippen LogP contribution < -0.4 is 5.73 Å². The van der Waals surface area contributed by atoms with E-state index in [1.165, 1.54) is 16.0 Å². The first-order chi connectivity index (χ1) is 8.06. The lowest BCUT2D eigenvalue weighted by Gasteiger charge is -2.14. The number of aryl methyl sites for hydroxylation is 1. The quantitative estimate of drug-likeness (QED) is 0.818. The summed E-state index contributed by atoms with van der Waals surface area (Å²) in [6.45, 7) is 2.10. The number of hydrogen-bond donors (Lipinski definition) is 1. The minimum Gasteiger partial charge on any atom is -0.324 e. The SMILES string of the molecule is Cc1ccc(Br)cc1C(N)Cc1cc(Br)cs1. The Morgan fingerprint density at radius 2 is 2.00 bits per heavy atom. The maximum absolute atomic E-state index is 6.28. The molecule has 2 aromatic rings. The van der Waals surface area contributed by atoms with E-state index >= 15 is 0 Å². The van der Waals surface area contributed by atoms with Crippen LogP contribution >= 0.6 is 43.2 Å². The maximum Gasteiger partial charge on any atom is 0.0346 e. The summed E-state index contributed by atoms with van der Waals surface area (Å²) in [6, 6.07) is 8.45. The lowest BCUT2D eigenvalue weighted by Crippen LogP contribution is -2.14. The molecule has 17 heavy (non-hydrogen) atoms. The predicted octanol–water partition coefficient (Wildman–Crippen LogP) is 4.82. The van der Waals surface area contributed by atoms with Crippen LogP contribution in [-0.4, -0.2) is 0 Å². The van der Waals surface area contributed by atoms with Gasteiger partial charge >= 0.3 is 0 Å². The van der Waals surface area contributed by atoms with Crippen molar-refractivity contribution < 1.29 is 0 Å². The topological polar surface area (TPSA) is 26.0 Å². The van der Waals surface area contributed by atoms with Crippen molar-refractivity contribution in [3.63, 3.8) is 0 Å². The van der Waals surface area contributed by atoms with Gasteiger partial charge in [0, 0.05) is 31.7 Å². The third kappa shape index (κ3) is 3.41. The van der Waals surface area contributed by atoms with Gasteiger partial charge in [-0.05, 0) is 52.2 Å². The Kier molecular flexibility index (Phi) is 4.42. The van der Waals surface area contributed by atoms with Gasteiger partial charge in [0.25, 0.3) is 0 Å². The summed E-state index contributed by atoms with van der Waals surface area (Å²) in [7, 11) is 0. The fourth-order valence-corrected chi connectivity index (χ4v) is 3.69. The summed E-state index contributed by atoms with van der Waals surface area (Å²) in [5, 5.41) is 2.09. The van der Waals surface area contributed by atoms with Gasteiger partial charge in [0.2, 0.25) is 0 Å². The molecule has 1 unspecified atom stereocenters. The molecule has 0 spiro atoms. The van der Waals surface area contributed by atoms with E-state index in [2.05, 4.69) is 62.4 Å².